The second-order valence-electron chi connectivity index (χ2n) is 3.62. The molecule has 4 nitrogen and oxygen atoms in total. The summed E-state index contributed by atoms with van der Waals surface area (Å²) in [5, 5.41) is 0. The van der Waals surface area contributed by atoms with E-state index in [9.17, 15) is 12.8 Å². The number of methoxy groups -OCH3 is 1. The van der Waals surface area contributed by atoms with E-state index in [1.54, 1.807) is 6.07 Å². The molecule has 0 saturated carbocycles. The second kappa shape index (κ2) is 5.27. The average Bonchev–Trinajstić information content (AvgIpc) is 2.41. The molecule has 0 saturated heterocycles. The Bertz CT molecular complexity index is 683. The van der Waals surface area contributed by atoms with E-state index in [2.05, 4.69) is 0 Å². The van der Waals surface area contributed by atoms with Crippen molar-refractivity contribution in [1.29, 1.82) is 0 Å². The Balaban J connectivity index is 2.41. The summed E-state index contributed by atoms with van der Waals surface area (Å²) in [6, 6.07) is 11.2. The minimum atomic E-state index is -4.14. The number of rotatable bonds is 4. The maximum atomic E-state index is 13.4. The normalized spacial score (nSPS) is 11.1. The number of hydrogen-bond acceptors (Lipinski definition) is 4. The smallest absolute Gasteiger partial charge is 0.343 e. The van der Waals surface area contributed by atoms with Crippen LogP contribution in [0.5, 0.6) is 11.5 Å². The zero-order valence-corrected chi connectivity index (χ0v) is 10.9. The van der Waals surface area contributed by atoms with Gasteiger partial charge in [0.05, 0.1) is 7.11 Å². The van der Waals surface area contributed by atoms with Gasteiger partial charge >= 0.3 is 10.1 Å². The maximum Gasteiger partial charge on any atom is 0.343 e. The van der Waals surface area contributed by atoms with Crippen molar-refractivity contribution in [1.82, 2.24) is 0 Å². The summed E-state index contributed by atoms with van der Waals surface area (Å²) in [6.07, 6.45) is 0. The van der Waals surface area contributed by atoms with Gasteiger partial charge in [-0.25, -0.2) is 4.39 Å². The first-order chi connectivity index (χ1) is 9.04. The summed E-state index contributed by atoms with van der Waals surface area (Å²) in [5.41, 5.74) is 0. The predicted molar refractivity (Wildman–Crippen MR) is 67.2 cm³/mol. The Hall–Kier alpha value is -2.08. The summed E-state index contributed by atoms with van der Waals surface area (Å²) in [7, 11) is -2.80. The molecule has 100 valence electrons. The molecule has 0 unspecified atom stereocenters. The van der Waals surface area contributed by atoms with Crippen LogP contribution in [-0.4, -0.2) is 15.5 Å². The SMILES string of the molecule is COc1ccccc1S(=O)(=O)Oc1ccccc1F. The Labute approximate surface area is 110 Å². The van der Waals surface area contributed by atoms with Gasteiger partial charge in [-0.2, -0.15) is 8.42 Å². The first kappa shape index (κ1) is 13.4. The fraction of sp³-hybridized carbons (Fsp3) is 0.0769. The van der Waals surface area contributed by atoms with E-state index in [0.29, 0.717) is 0 Å². The summed E-state index contributed by atoms with van der Waals surface area (Å²) in [4.78, 5) is -0.152. The Morgan fingerprint density at radius 1 is 0.947 bits per heavy atom. The summed E-state index contributed by atoms with van der Waals surface area (Å²) < 4.78 is 47.3. The van der Waals surface area contributed by atoms with Gasteiger partial charge in [0.15, 0.2) is 11.6 Å². The van der Waals surface area contributed by atoms with E-state index in [4.69, 9.17) is 8.92 Å². The van der Waals surface area contributed by atoms with Crippen LogP contribution in [0.3, 0.4) is 0 Å². The highest BCUT2D eigenvalue weighted by atomic mass is 32.2. The van der Waals surface area contributed by atoms with Gasteiger partial charge in [-0.3, -0.25) is 0 Å². The molecule has 0 spiro atoms. The van der Waals surface area contributed by atoms with Crippen LogP contribution in [0.4, 0.5) is 4.39 Å². The lowest BCUT2D eigenvalue weighted by Crippen LogP contribution is -2.11. The molecule has 0 N–H and O–H groups in total. The van der Waals surface area contributed by atoms with Crippen molar-refractivity contribution in [3.05, 3.63) is 54.3 Å². The van der Waals surface area contributed by atoms with Crippen molar-refractivity contribution in [2.24, 2.45) is 0 Å². The Morgan fingerprint density at radius 3 is 2.16 bits per heavy atom. The number of benzene rings is 2. The van der Waals surface area contributed by atoms with Crippen molar-refractivity contribution in [3.63, 3.8) is 0 Å². The predicted octanol–water partition coefficient (Wildman–Crippen LogP) is 2.60. The summed E-state index contributed by atoms with van der Waals surface area (Å²) >= 11 is 0. The average molecular weight is 282 g/mol. The summed E-state index contributed by atoms with van der Waals surface area (Å²) in [5.74, 6) is -0.965. The molecule has 0 aromatic heterocycles. The van der Waals surface area contributed by atoms with Gasteiger partial charge in [-0.1, -0.05) is 24.3 Å². The van der Waals surface area contributed by atoms with Crippen LogP contribution < -0.4 is 8.92 Å². The van der Waals surface area contributed by atoms with E-state index >= 15 is 0 Å². The minimum absolute atomic E-state index is 0.138. The quantitative estimate of drug-likeness (QED) is 0.809. The third-order valence-corrected chi connectivity index (χ3v) is 3.65. The molecule has 0 aliphatic carbocycles. The molecule has 19 heavy (non-hydrogen) atoms. The first-order valence-electron chi connectivity index (χ1n) is 5.36. The largest absolute Gasteiger partial charge is 0.495 e. The number of hydrogen-bond donors (Lipinski definition) is 0. The molecule has 2 rings (SSSR count). The third kappa shape index (κ3) is 2.85. The summed E-state index contributed by atoms with van der Waals surface area (Å²) in [6.45, 7) is 0. The lowest BCUT2D eigenvalue weighted by Gasteiger charge is -2.10. The van der Waals surface area contributed by atoms with Crippen molar-refractivity contribution in [2.75, 3.05) is 7.11 Å². The molecular formula is C13H11FO4S. The lowest BCUT2D eigenvalue weighted by atomic mass is 10.3. The van der Waals surface area contributed by atoms with Crippen molar-refractivity contribution in [2.45, 2.75) is 4.90 Å². The zero-order valence-electron chi connectivity index (χ0n) is 10.0. The number of para-hydroxylation sites is 2. The maximum absolute atomic E-state index is 13.4. The second-order valence-corrected chi connectivity index (χ2v) is 5.13. The van der Waals surface area contributed by atoms with E-state index in [-0.39, 0.29) is 16.4 Å². The van der Waals surface area contributed by atoms with Crippen molar-refractivity contribution in [3.8, 4) is 11.5 Å². The van der Waals surface area contributed by atoms with Gasteiger partial charge in [-0.05, 0) is 24.3 Å². The van der Waals surface area contributed by atoms with Crippen LogP contribution in [0.2, 0.25) is 0 Å². The monoisotopic (exact) mass is 282 g/mol. The van der Waals surface area contributed by atoms with E-state index in [1.807, 2.05) is 0 Å². The molecule has 0 heterocycles. The van der Waals surface area contributed by atoms with Crippen LogP contribution in [0.25, 0.3) is 0 Å². The van der Waals surface area contributed by atoms with Crippen LogP contribution in [0.1, 0.15) is 0 Å². The Kier molecular flexibility index (Phi) is 3.71. The molecule has 0 atom stereocenters. The molecule has 6 heteroatoms. The zero-order chi connectivity index (χ0) is 13.9. The van der Waals surface area contributed by atoms with Crippen molar-refractivity contribution >= 4 is 10.1 Å². The minimum Gasteiger partial charge on any atom is -0.495 e. The molecular weight excluding hydrogens is 271 g/mol. The number of ether oxygens (including phenoxy) is 1. The molecule has 2 aromatic carbocycles. The van der Waals surface area contributed by atoms with Crippen LogP contribution in [-0.2, 0) is 10.1 Å². The highest BCUT2D eigenvalue weighted by molar-refractivity contribution is 7.87. The van der Waals surface area contributed by atoms with Crippen LogP contribution >= 0.6 is 0 Å². The third-order valence-electron chi connectivity index (χ3n) is 2.37. The fourth-order valence-corrected chi connectivity index (χ4v) is 2.61. The molecule has 0 bridgehead atoms. The molecule has 0 fully saturated rings. The van der Waals surface area contributed by atoms with E-state index in [1.165, 1.54) is 43.5 Å². The number of halogens is 1. The molecule has 2 aromatic rings. The molecule has 0 aliphatic rings. The Morgan fingerprint density at radius 2 is 1.53 bits per heavy atom. The van der Waals surface area contributed by atoms with Gasteiger partial charge in [0.1, 0.15) is 10.6 Å². The molecule has 0 amide bonds. The fourth-order valence-electron chi connectivity index (χ4n) is 1.50. The standard InChI is InChI=1S/C13H11FO4S/c1-17-12-8-4-5-9-13(12)19(15,16)18-11-7-3-2-6-10(11)14/h2-9H,1H3. The first-order valence-corrected chi connectivity index (χ1v) is 6.77. The molecule has 0 aliphatic heterocycles. The van der Waals surface area contributed by atoms with Crippen LogP contribution in [0, 0.1) is 5.82 Å². The van der Waals surface area contributed by atoms with Gasteiger partial charge in [0.2, 0.25) is 0 Å². The van der Waals surface area contributed by atoms with Gasteiger partial charge < -0.3 is 8.92 Å². The van der Waals surface area contributed by atoms with Crippen LogP contribution in [0.15, 0.2) is 53.4 Å². The highest BCUT2D eigenvalue weighted by Crippen LogP contribution is 2.27. The van der Waals surface area contributed by atoms with Crippen molar-refractivity contribution < 1.29 is 21.7 Å². The highest BCUT2D eigenvalue weighted by Gasteiger charge is 2.22. The van der Waals surface area contributed by atoms with E-state index < -0.39 is 15.9 Å². The lowest BCUT2D eigenvalue weighted by molar-refractivity contribution is 0.397. The topological polar surface area (TPSA) is 52.6 Å². The van der Waals surface area contributed by atoms with E-state index in [0.717, 1.165) is 6.07 Å². The van der Waals surface area contributed by atoms with Gasteiger partial charge in [0, 0.05) is 0 Å². The van der Waals surface area contributed by atoms with Gasteiger partial charge in [-0.15, -0.1) is 0 Å². The molecule has 0 radical (unpaired) electrons. The van der Waals surface area contributed by atoms with Gasteiger partial charge in [0.25, 0.3) is 0 Å².